The van der Waals surface area contributed by atoms with Gasteiger partial charge in [0.1, 0.15) is 0 Å². The largest absolute Gasteiger partial charge is 0.425 e. The highest BCUT2D eigenvalue weighted by atomic mass is 16.6. The fraction of sp³-hybridized carbons (Fsp3) is 0.643. The molecule has 8 nitrogen and oxygen atoms in total. The van der Waals surface area contributed by atoms with E-state index in [0.29, 0.717) is 0 Å². The fourth-order valence-electron chi connectivity index (χ4n) is 5.50. The monoisotopic (exact) mass is 500 g/mol. The molecule has 8 heteroatoms. The Morgan fingerprint density at radius 3 is 1.17 bits per heavy atom. The van der Waals surface area contributed by atoms with Crippen molar-refractivity contribution in [3.8, 4) is 23.0 Å². The summed E-state index contributed by atoms with van der Waals surface area (Å²) < 4.78 is 22.1. The van der Waals surface area contributed by atoms with E-state index in [1.807, 2.05) is 0 Å². The van der Waals surface area contributed by atoms with Crippen LogP contribution >= 0.6 is 0 Å². The summed E-state index contributed by atoms with van der Waals surface area (Å²) in [4.78, 5) is 49.9. The van der Waals surface area contributed by atoms with E-state index < -0.39 is 17.9 Å². The summed E-state index contributed by atoms with van der Waals surface area (Å²) in [5.74, 6) is -2.09. The van der Waals surface area contributed by atoms with Crippen LogP contribution in [0.3, 0.4) is 0 Å². The van der Waals surface area contributed by atoms with E-state index in [-0.39, 0.29) is 47.2 Å². The first-order valence-electron chi connectivity index (χ1n) is 13.5. The van der Waals surface area contributed by atoms with Crippen LogP contribution in [0.4, 0.5) is 0 Å². The zero-order chi connectivity index (χ0) is 25.3. The van der Waals surface area contributed by atoms with Gasteiger partial charge in [0.05, 0.1) is 17.8 Å². The van der Waals surface area contributed by atoms with E-state index in [0.717, 1.165) is 96.3 Å². The van der Waals surface area contributed by atoms with Crippen molar-refractivity contribution in [2.24, 2.45) is 17.8 Å². The zero-order valence-electron chi connectivity index (χ0n) is 20.8. The predicted molar refractivity (Wildman–Crippen MR) is 130 cm³/mol. The highest BCUT2D eigenvalue weighted by Gasteiger charge is 2.30. The van der Waals surface area contributed by atoms with Crippen molar-refractivity contribution >= 4 is 24.4 Å². The molecule has 0 spiro atoms. The summed E-state index contributed by atoms with van der Waals surface area (Å²) in [6, 6.07) is 2.62. The van der Waals surface area contributed by atoms with Crippen molar-refractivity contribution < 1.29 is 38.1 Å². The maximum atomic E-state index is 12.9. The molecule has 3 aliphatic carbocycles. The lowest BCUT2D eigenvalue weighted by Gasteiger charge is -2.23. The molecule has 0 heterocycles. The van der Waals surface area contributed by atoms with Crippen LogP contribution in [0.5, 0.6) is 23.0 Å². The second-order valence-corrected chi connectivity index (χ2v) is 10.2. The van der Waals surface area contributed by atoms with Crippen LogP contribution in [-0.4, -0.2) is 24.4 Å². The van der Waals surface area contributed by atoms with Gasteiger partial charge in [-0.1, -0.05) is 57.8 Å². The second kappa shape index (κ2) is 12.9. The van der Waals surface area contributed by atoms with Crippen molar-refractivity contribution in [3.63, 3.8) is 0 Å². The van der Waals surface area contributed by atoms with E-state index >= 15 is 0 Å². The van der Waals surface area contributed by atoms with Gasteiger partial charge in [-0.15, -0.1) is 0 Å². The van der Waals surface area contributed by atoms with E-state index in [1.54, 1.807) is 0 Å². The normalized spacial score (nSPS) is 19.8. The molecule has 196 valence electrons. The van der Waals surface area contributed by atoms with Gasteiger partial charge in [-0.25, -0.2) is 0 Å². The number of ether oxygens (including phenoxy) is 4. The fourth-order valence-corrected chi connectivity index (χ4v) is 5.50. The number of benzene rings is 1. The number of carbonyl (C=O) groups is 4. The summed E-state index contributed by atoms with van der Waals surface area (Å²) in [6.45, 7) is 0.216. The van der Waals surface area contributed by atoms with Crippen molar-refractivity contribution in [2.45, 2.75) is 96.3 Å². The zero-order valence-corrected chi connectivity index (χ0v) is 20.8. The standard InChI is InChI=1S/C28H36O8/c29-18-33-22-16-24(35-27(31)20-12-6-2-7-13-20)25(36-28(32)21-14-8-3-9-15-21)17-23(22)34-26(30)19-10-4-1-5-11-19/h16-21H,1-15H2. The summed E-state index contributed by atoms with van der Waals surface area (Å²) in [5, 5.41) is 0. The maximum Gasteiger partial charge on any atom is 0.314 e. The lowest BCUT2D eigenvalue weighted by Crippen LogP contribution is -2.25. The van der Waals surface area contributed by atoms with E-state index in [1.165, 1.54) is 12.1 Å². The molecule has 0 bridgehead atoms. The second-order valence-electron chi connectivity index (χ2n) is 10.2. The number of esters is 3. The molecule has 1 aromatic carbocycles. The van der Waals surface area contributed by atoms with Crippen molar-refractivity contribution in [3.05, 3.63) is 12.1 Å². The molecule has 36 heavy (non-hydrogen) atoms. The van der Waals surface area contributed by atoms with E-state index in [4.69, 9.17) is 18.9 Å². The Bertz CT molecular complexity index is 937. The van der Waals surface area contributed by atoms with Crippen LogP contribution < -0.4 is 18.9 Å². The van der Waals surface area contributed by atoms with Crippen molar-refractivity contribution in [1.29, 1.82) is 0 Å². The molecule has 0 unspecified atom stereocenters. The Balaban J connectivity index is 1.60. The molecule has 0 radical (unpaired) electrons. The molecule has 1 aromatic rings. The lowest BCUT2D eigenvalue weighted by molar-refractivity contribution is -0.143. The Labute approximate surface area is 212 Å². The summed E-state index contributed by atoms with van der Waals surface area (Å²) >= 11 is 0. The molecule has 0 atom stereocenters. The van der Waals surface area contributed by atoms with E-state index in [9.17, 15) is 19.2 Å². The summed E-state index contributed by atoms with van der Waals surface area (Å²) in [6.07, 6.45) is 13.5. The third-order valence-electron chi connectivity index (χ3n) is 7.63. The van der Waals surface area contributed by atoms with Crippen LogP contribution in [0.25, 0.3) is 0 Å². The minimum absolute atomic E-state index is 0.0144. The van der Waals surface area contributed by atoms with Crippen molar-refractivity contribution in [1.82, 2.24) is 0 Å². The molecule has 3 aliphatic rings. The lowest BCUT2D eigenvalue weighted by atomic mass is 9.89. The van der Waals surface area contributed by atoms with E-state index in [2.05, 4.69) is 0 Å². The number of hydrogen-bond acceptors (Lipinski definition) is 8. The Morgan fingerprint density at radius 1 is 0.528 bits per heavy atom. The smallest absolute Gasteiger partial charge is 0.314 e. The molecule has 0 N–H and O–H groups in total. The Morgan fingerprint density at radius 2 is 0.833 bits per heavy atom. The first-order chi connectivity index (χ1) is 17.5. The van der Waals surface area contributed by atoms with Crippen molar-refractivity contribution in [2.75, 3.05) is 0 Å². The molecule has 3 fully saturated rings. The molecule has 4 rings (SSSR count). The third-order valence-corrected chi connectivity index (χ3v) is 7.63. The third kappa shape index (κ3) is 6.86. The molecule has 0 aromatic heterocycles. The Kier molecular flexibility index (Phi) is 9.36. The van der Waals surface area contributed by atoms with Crippen LogP contribution in [-0.2, 0) is 19.2 Å². The maximum absolute atomic E-state index is 12.9. The minimum atomic E-state index is -0.415. The summed E-state index contributed by atoms with van der Waals surface area (Å²) in [5.41, 5.74) is 0. The highest BCUT2D eigenvalue weighted by molar-refractivity contribution is 5.81. The summed E-state index contributed by atoms with van der Waals surface area (Å²) in [7, 11) is 0. The van der Waals surface area contributed by atoms with Crippen LogP contribution in [0.2, 0.25) is 0 Å². The first-order valence-corrected chi connectivity index (χ1v) is 13.5. The Hall–Kier alpha value is -2.90. The van der Waals surface area contributed by atoms with Gasteiger partial charge in [-0.3, -0.25) is 19.2 Å². The van der Waals surface area contributed by atoms with Crippen LogP contribution in [0, 0.1) is 17.8 Å². The molecule has 0 amide bonds. The van der Waals surface area contributed by atoms with Crippen LogP contribution in [0.15, 0.2) is 12.1 Å². The molecule has 0 saturated heterocycles. The van der Waals surface area contributed by atoms with Crippen LogP contribution in [0.1, 0.15) is 96.3 Å². The molecule has 3 saturated carbocycles. The van der Waals surface area contributed by atoms with Gasteiger partial charge in [-0.2, -0.15) is 0 Å². The van der Waals surface area contributed by atoms with Gasteiger partial charge >= 0.3 is 17.9 Å². The first kappa shape index (κ1) is 26.2. The SMILES string of the molecule is O=COc1cc(OC(=O)C2CCCCC2)c(OC(=O)C2CCCCC2)cc1OC(=O)C1CCCCC1. The minimum Gasteiger partial charge on any atom is -0.425 e. The van der Waals surface area contributed by atoms with Gasteiger partial charge in [0.25, 0.3) is 6.47 Å². The average Bonchev–Trinajstić information content (AvgIpc) is 2.92. The number of hydrogen-bond donors (Lipinski definition) is 0. The molecular weight excluding hydrogens is 464 g/mol. The van der Waals surface area contributed by atoms with Gasteiger partial charge in [0, 0.05) is 12.1 Å². The van der Waals surface area contributed by atoms with Gasteiger partial charge < -0.3 is 18.9 Å². The number of rotatable bonds is 8. The quantitative estimate of drug-likeness (QED) is 0.255. The molecule has 0 aliphatic heterocycles. The predicted octanol–water partition coefficient (Wildman–Crippen LogP) is 5.68. The van der Waals surface area contributed by atoms with Gasteiger partial charge in [-0.05, 0) is 38.5 Å². The van der Waals surface area contributed by atoms with Gasteiger partial charge in [0.2, 0.25) is 0 Å². The molecular formula is C28H36O8. The highest BCUT2D eigenvalue weighted by Crippen LogP contribution is 2.42. The van der Waals surface area contributed by atoms with Gasteiger partial charge in [0.15, 0.2) is 23.0 Å². The number of carbonyl (C=O) groups excluding carboxylic acids is 4. The average molecular weight is 501 g/mol. The topological polar surface area (TPSA) is 105 Å².